The summed E-state index contributed by atoms with van der Waals surface area (Å²) in [5.74, 6) is -0.778. The molecule has 1 aliphatic heterocycles. The lowest BCUT2D eigenvalue weighted by atomic mass is 10.1. The molecule has 27 heavy (non-hydrogen) atoms. The summed E-state index contributed by atoms with van der Waals surface area (Å²) < 4.78 is 5.53. The second-order valence-electron chi connectivity index (χ2n) is 7.21. The normalized spacial score (nSPS) is 16.8. The maximum Gasteiger partial charge on any atom is 0.331 e. The molecule has 0 saturated heterocycles. The van der Waals surface area contributed by atoms with Crippen molar-refractivity contribution < 1.29 is 14.3 Å². The van der Waals surface area contributed by atoms with Crippen molar-refractivity contribution in [1.82, 2.24) is 4.98 Å². The molecule has 1 aromatic heterocycles. The largest absolute Gasteiger partial charge is 0.458 e. The summed E-state index contributed by atoms with van der Waals surface area (Å²) in [4.78, 5) is 30.4. The average molecular weight is 386 g/mol. The van der Waals surface area contributed by atoms with Crippen LogP contribution in [0, 0.1) is 6.92 Å². The van der Waals surface area contributed by atoms with Gasteiger partial charge in [0, 0.05) is 17.5 Å². The molecular weight excluding hydrogens is 364 g/mol. The third kappa shape index (κ3) is 4.71. The molecule has 1 aromatic carbocycles. The zero-order chi connectivity index (χ0) is 19.6. The maximum atomic E-state index is 12.7. The molecule has 2 aromatic rings. The molecule has 1 atom stereocenters. The number of hydrazone groups is 1. The van der Waals surface area contributed by atoms with E-state index in [9.17, 15) is 9.59 Å². The summed E-state index contributed by atoms with van der Waals surface area (Å²) in [7, 11) is 0. The molecule has 0 bridgehead atoms. The lowest BCUT2D eigenvalue weighted by Gasteiger charge is -2.26. The van der Waals surface area contributed by atoms with Gasteiger partial charge in [0.15, 0.2) is 11.2 Å². The van der Waals surface area contributed by atoms with Crippen molar-refractivity contribution in [3.63, 3.8) is 0 Å². The quantitative estimate of drug-likeness (QED) is 0.815. The summed E-state index contributed by atoms with van der Waals surface area (Å²) in [5, 5.41) is 9.21. The van der Waals surface area contributed by atoms with Gasteiger partial charge in [-0.15, -0.1) is 11.3 Å². The van der Waals surface area contributed by atoms with Crippen LogP contribution in [0.2, 0.25) is 0 Å². The Morgan fingerprint density at radius 1 is 1.26 bits per heavy atom. The lowest BCUT2D eigenvalue weighted by molar-refractivity contribution is -0.156. The van der Waals surface area contributed by atoms with Crippen molar-refractivity contribution in [2.75, 3.05) is 10.3 Å². The zero-order valence-corrected chi connectivity index (χ0v) is 16.5. The van der Waals surface area contributed by atoms with Gasteiger partial charge in [-0.1, -0.05) is 18.2 Å². The van der Waals surface area contributed by atoms with E-state index in [4.69, 9.17) is 4.74 Å². The first-order valence-electron chi connectivity index (χ1n) is 8.61. The van der Waals surface area contributed by atoms with E-state index in [-0.39, 0.29) is 18.0 Å². The second kappa shape index (κ2) is 7.48. The van der Waals surface area contributed by atoms with Gasteiger partial charge in [-0.05, 0) is 39.8 Å². The number of carbonyl (C=O) groups excluding carboxylic acids is 2. The van der Waals surface area contributed by atoms with Gasteiger partial charge in [-0.3, -0.25) is 15.1 Å². The van der Waals surface area contributed by atoms with Crippen LogP contribution >= 0.6 is 11.3 Å². The Bertz CT molecular complexity index is 871. The van der Waals surface area contributed by atoms with Crippen molar-refractivity contribution in [1.29, 1.82) is 0 Å². The summed E-state index contributed by atoms with van der Waals surface area (Å²) >= 11 is 1.38. The maximum absolute atomic E-state index is 12.7. The van der Waals surface area contributed by atoms with Crippen LogP contribution in [-0.2, 0) is 14.3 Å². The van der Waals surface area contributed by atoms with Crippen molar-refractivity contribution in [2.24, 2.45) is 5.10 Å². The number of rotatable bonds is 4. The molecule has 2 heterocycles. The molecule has 3 rings (SSSR count). The van der Waals surface area contributed by atoms with Crippen LogP contribution < -0.4 is 10.3 Å². The van der Waals surface area contributed by atoms with E-state index in [1.54, 1.807) is 11.2 Å². The van der Waals surface area contributed by atoms with Crippen LogP contribution in [0.5, 0.6) is 0 Å². The fraction of sp³-hybridized carbons (Fsp3) is 0.368. The molecule has 0 spiro atoms. The van der Waals surface area contributed by atoms with Crippen LogP contribution in [0.1, 0.15) is 32.1 Å². The fourth-order valence-electron chi connectivity index (χ4n) is 2.60. The highest BCUT2D eigenvalue weighted by Gasteiger charge is 2.38. The van der Waals surface area contributed by atoms with Gasteiger partial charge in [0.25, 0.3) is 5.91 Å². The fourth-order valence-corrected chi connectivity index (χ4v) is 3.26. The highest BCUT2D eigenvalue weighted by Crippen LogP contribution is 2.27. The number of nitrogens with one attached hydrogen (secondary N) is 1. The van der Waals surface area contributed by atoms with E-state index in [0.29, 0.717) is 5.13 Å². The van der Waals surface area contributed by atoms with Gasteiger partial charge < -0.3 is 4.74 Å². The van der Waals surface area contributed by atoms with Crippen LogP contribution in [-0.4, -0.2) is 34.2 Å². The number of ether oxygens (including phenoxy) is 1. The van der Waals surface area contributed by atoms with Gasteiger partial charge >= 0.3 is 5.97 Å². The van der Waals surface area contributed by atoms with Crippen molar-refractivity contribution >= 4 is 39.7 Å². The average Bonchev–Trinajstić information content (AvgIpc) is 3.21. The number of aryl methyl sites for hydroxylation is 1. The number of thiazole rings is 1. The molecule has 0 saturated carbocycles. The molecule has 1 N–H and O–H groups in total. The Balaban J connectivity index is 1.83. The Morgan fingerprint density at radius 2 is 1.96 bits per heavy atom. The van der Waals surface area contributed by atoms with Crippen molar-refractivity contribution in [2.45, 2.75) is 45.8 Å². The molecule has 8 heteroatoms. The molecule has 1 aliphatic rings. The van der Waals surface area contributed by atoms with E-state index in [1.807, 2.05) is 58.0 Å². The van der Waals surface area contributed by atoms with Crippen LogP contribution in [0.4, 0.5) is 10.8 Å². The molecule has 0 fully saturated rings. The van der Waals surface area contributed by atoms with E-state index in [1.165, 1.54) is 11.3 Å². The highest BCUT2D eigenvalue weighted by molar-refractivity contribution is 7.15. The monoisotopic (exact) mass is 386 g/mol. The van der Waals surface area contributed by atoms with E-state index >= 15 is 0 Å². The molecule has 1 amide bonds. The Labute approximate surface area is 162 Å². The molecule has 142 valence electrons. The first-order valence-corrected chi connectivity index (χ1v) is 9.43. The van der Waals surface area contributed by atoms with Crippen LogP contribution in [0.25, 0.3) is 0 Å². The first-order chi connectivity index (χ1) is 12.7. The van der Waals surface area contributed by atoms with Crippen molar-refractivity contribution in [3.8, 4) is 0 Å². The smallest absolute Gasteiger partial charge is 0.331 e. The Hall–Kier alpha value is -2.74. The standard InChI is InChI=1S/C19H22N4O3S/c1-12-11-20-18(27-12)21-16(24)14-10-15(17(25)26-19(2,3)4)23(22-14)13-8-6-5-7-9-13/h5-9,11,15H,10H2,1-4H3,(H,20,21,24)/t15-/m0/s1. The van der Waals surface area contributed by atoms with Crippen LogP contribution in [0.3, 0.4) is 0 Å². The number of carbonyl (C=O) groups is 2. The number of esters is 1. The molecule has 0 radical (unpaired) electrons. The first kappa shape index (κ1) is 19.0. The number of hydrogen-bond acceptors (Lipinski definition) is 7. The Kier molecular flexibility index (Phi) is 5.27. The third-order valence-corrected chi connectivity index (χ3v) is 4.54. The predicted octanol–water partition coefficient (Wildman–Crippen LogP) is 3.37. The summed E-state index contributed by atoms with van der Waals surface area (Å²) in [6, 6.07) is 8.58. The zero-order valence-electron chi connectivity index (χ0n) is 15.7. The minimum Gasteiger partial charge on any atom is -0.458 e. The number of para-hydroxylation sites is 1. The molecular formula is C19H22N4O3S. The van der Waals surface area contributed by atoms with Crippen molar-refractivity contribution in [3.05, 3.63) is 41.4 Å². The molecule has 0 unspecified atom stereocenters. The minimum atomic E-state index is -0.689. The summed E-state index contributed by atoms with van der Waals surface area (Å²) in [5.41, 5.74) is 0.367. The number of aromatic nitrogens is 1. The lowest BCUT2D eigenvalue weighted by Crippen LogP contribution is -2.40. The Morgan fingerprint density at radius 3 is 2.56 bits per heavy atom. The highest BCUT2D eigenvalue weighted by atomic mass is 32.1. The van der Waals surface area contributed by atoms with Crippen LogP contribution in [0.15, 0.2) is 41.6 Å². The minimum absolute atomic E-state index is 0.167. The number of amides is 1. The van der Waals surface area contributed by atoms with Gasteiger partial charge in [0.2, 0.25) is 0 Å². The predicted molar refractivity (Wildman–Crippen MR) is 106 cm³/mol. The summed E-state index contributed by atoms with van der Waals surface area (Å²) in [6.07, 6.45) is 1.86. The number of nitrogens with zero attached hydrogens (tertiary/aromatic N) is 3. The number of anilines is 2. The molecule has 7 nitrogen and oxygen atoms in total. The number of hydrogen-bond donors (Lipinski definition) is 1. The van der Waals surface area contributed by atoms with E-state index < -0.39 is 17.6 Å². The van der Waals surface area contributed by atoms with Gasteiger partial charge in [0.1, 0.15) is 11.3 Å². The topological polar surface area (TPSA) is 83.9 Å². The SMILES string of the molecule is Cc1cnc(NC(=O)C2=NN(c3ccccc3)[C@H](C(=O)OC(C)(C)C)C2)s1. The van der Waals surface area contributed by atoms with Gasteiger partial charge in [0.05, 0.1) is 5.69 Å². The van der Waals surface area contributed by atoms with Gasteiger partial charge in [-0.2, -0.15) is 5.10 Å². The third-order valence-electron chi connectivity index (χ3n) is 3.71. The van der Waals surface area contributed by atoms with E-state index in [0.717, 1.165) is 10.6 Å². The van der Waals surface area contributed by atoms with E-state index in [2.05, 4.69) is 15.4 Å². The summed E-state index contributed by atoms with van der Waals surface area (Å²) in [6.45, 7) is 7.35. The molecule has 0 aliphatic carbocycles. The number of benzene rings is 1. The second-order valence-corrected chi connectivity index (χ2v) is 8.45. The van der Waals surface area contributed by atoms with Gasteiger partial charge in [-0.25, -0.2) is 9.78 Å².